The van der Waals surface area contributed by atoms with E-state index in [1.165, 1.54) is 22.5 Å². The number of nitrogens with zero attached hydrogens (tertiary/aromatic N) is 1. The molecular formula is C16H17N3O. The zero-order valence-corrected chi connectivity index (χ0v) is 11.4. The molecule has 0 saturated carbocycles. The summed E-state index contributed by atoms with van der Waals surface area (Å²) < 4.78 is 0. The highest BCUT2D eigenvalue weighted by atomic mass is 16.1. The van der Waals surface area contributed by atoms with Crippen LogP contribution in [-0.2, 0) is 12.8 Å². The fraction of sp³-hybridized carbons (Fsp3) is 0.250. The van der Waals surface area contributed by atoms with E-state index in [9.17, 15) is 4.79 Å². The van der Waals surface area contributed by atoms with E-state index in [0.717, 1.165) is 30.8 Å². The summed E-state index contributed by atoms with van der Waals surface area (Å²) in [5.74, 6) is 0.773. The molecule has 0 bridgehead atoms. The first-order valence-electron chi connectivity index (χ1n) is 6.84. The second kappa shape index (κ2) is 5.33. The minimum absolute atomic E-state index is 0.0698. The minimum Gasteiger partial charge on any atom is -0.361 e. The van der Waals surface area contributed by atoms with E-state index in [0.29, 0.717) is 0 Å². The Balaban J connectivity index is 1.69. The van der Waals surface area contributed by atoms with Gasteiger partial charge in [-0.2, -0.15) is 0 Å². The molecule has 2 heterocycles. The molecule has 20 heavy (non-hydrogen) atoms. The molecule has 1 aromatic carbocycles. The zero-order chi connectivity index (χ0) is 13.9. The first-order chi connectivity index (χ1) is 9.72. The van der Waals surface area contributed by atoms with Crippen LogP contribution in [0.25, 0.3) is 10.9 Å². The van der Waals surface area contributed by atoms with Crippen molar-refractivity contribution in [1.82, 2.24) is 15.0 Å². The van der Waals surface area contributed by atoms with E-state index >= 15 is 0 Å². The fourth-order valence-corrected chi connectivity index (χ4v) is 2.54. The van der Waals surface area contributed by atoms with E-state index in [-0.39, 0.29) is 5.56 Å². The van der Waals surface area contributed by atoms with Crippen molar-refractivity contribution >= 4 is 10.9 Å². The summed E-state index contributed by atoms with van der Waals surface area (Å²) >= 11 is 0. The van der Waals surface area contributed by atoms with Gasteiger partial charge in [-0.15, -0.1) is 0 Å². The van der Waals surface area contributed by atoms with Crippen molar-refractivity contribution in [3.05, 3.63) is 64.0 Å². The maximum Gasteiger partial charge on any atom is 0.251 e. The lowest BCUT2D eigenvalue weighted by molar-refractivity contribution is 0.762. The van der Waals surface area contributed by atoms with Crippen LogP contribution in [0.4, 0.5) is 0 Å². The highest BCUT2D eigenvalue weighted by molar-refractivity contribution is 5.82. The number of aromatic amines is 2. The van der Waals surface area contributed by atoms with Gasteiger partial charge in [0, 0.05) is 35.3 Å². The third-order valence-electron chi connectivity index (χ3n) is 3.45. The maximum absolute atomic E-state index is 11.4. The summed E-state index contributed by atoms with van der Waals surface area (Å²) in [4.78, 5) is 21.8. The van der Waals surface area contributed by atoms with Gasteiger partial charge in [-0.3, -0.25) is 4.79 Å². The second-order valence-corrected chi connectivity index (χ2v) is 5.05. The Kier molecular flexibility index (Phi) is 3.37. The lowest BCUT2D eigenvalue weighted by atomic mass is 10.1. The SMILES string of the molecule is Cc1cc(=O)[nH]c(CCCc2c[nH]c3ccccc23)n1. The van der Waals surface area contributed by atoms with Crippen LogP contribution in [0.5, 0.6) is 0 Å². The van der Waals surface area contributed by atoms with Gasteiger partial charge in [-0.1, -0.05) is 18.2 Å². The summed E-state index contributed by atoms with van der Waals surface area (Å²) in [6, 6.07) is 9.82. The van der Waals surface area contributed by atoms with Gasteiger partial charge in [-0.05, 0) is 31.4 Å². The first kappa shape index (κ1) is 12.7. The molecule has 3 rings (SSSR count). The Hall–Kier alpha value is -2.36. The number of fused-ring (bicyclic) bond motifs is 1. The molecule has 0 spiro atoms. The van der Waals surface area contributed by atoms with Crippen molar-refractivity contribution in [3.63, 3.8) is 0 Å². The van der Waals surface area contributed by atoms with Crippen LogP contribution in [0.2, 0.25) is 0 Å². The summed E-state index contributed by atoms with van der Waals surface area (Å²) in [7, 11) is 0. The van der Waals surface area contributed by atoms with Gasteiger partial charge in [0.25, 0.3) is 5.56 Å². The maximum atomic E-state index is 11.4. The van der Waals surface area contributed by atoms with Gasteiger partial charge in [0.05, 0.1) is 0 Å². The number of para-hydroxylation sites is 1. The van der Waals surface area contributed by atoms with Crippen LogP contribution in [0.15, 0.2) is 41.3 Å². The van der Waals surface area contributed by atoms with Crippen molar-refractivity contribution < 1.29 is 0 Å². The topological polar surface area (TPSA) is 61.5 Å². The number of rotatable bonds is 4. The Bertz CT molecular complexity index is 786. The molecule has 0 aliphatic carbocycles. The van der Waals surface area contributed by atoms with E-state index in [1.807, 2.05) is 13.0 Å². The molecule has 2 N–H and O–H groups in total. The monoisotopic (exact) mass is 267 g/mol. The Morgan fingerprint density at radius 1 is 1.20 bits per heavy atom. The van der Waals surface area contributed by atoms with Gasteiger partial charge in [-0.25, -0.2) is 4.98 Å². The predicted molar refractivity (Wildman–Crippen MR) is 79.9 cm³/mol. The average molecular weight is 267 g/mol. The van der Waals surface area contributed by atoms with Crippen molar-refractivity contribution in [2.75, 3.05) is 0 Å². The molecule has 0 unspecified atom stereocenters. The van der Waals surface area contributed by atoms with Crippen molar-refractivity contribution in [1.29, 1.82) is 0 Å². The number of aryl methyl sites for hydroxylation is 3. The third-order valence-corrected chi connectivity index (χ3v) is 3.45. The molecule has 0 radical (unpaired) electrons. The molecule has 4 nitrogen and oxygen atoms in total. The molecule has 2 aromatic heterocycles. The van der Waals surface area contributed by atoms with Crippen LogP contribution >= 0.6 is 0 Å². The molecule has 0 fully saturated rings. The molecule has 0 aliphatic heterocycles. The fourth-order valence-electron chi connectivity index (χ4n) is 2.54. The number of nitrogens with one attached hydrogen (secondary N) is 2. The average Bonchev–Trinajstić information content (AvgIpc) is 2.81. The second-order valence-electron chi connectivity index (χ2n) is 5.05. The van der Waals surface area contributed by atoms with E-state index in [1.54, 1.807) is 0 Å². The Labute approximate surface area is 116 Å². The molecule has 0 amide bonds. The smallest absolute Gasteiger partial charge is 0.251 e. The zero-order valence-electron chi connectivity index (χ0n) is 11.4. The van der Waals surface area contributed by atoms with E-state index in [2.05, 4.69) is 39.3 Å². The van der Waals surface area contributed by atoms with Crippen LogP contribution in [-0.4, -0.2) is 15.0 Å². The van der Waals surface area contributed by atoms with Crippen LogP contribution in [0.3, 0.4) is 0 Å². The van der Waals surface area contributed by atoms with Gasteiger partial charge in [0.15, 0.2) is 0 Å². The summed E-state index contributed by atoms with van der Waals surface area (Å²) in [6.45, 7) is 1.85. The lowest BCUT2D eigenvalue weighted by Crippen LogP contribution is -2.11. The highest BCUT2D eigenvalue weighted by Crippen LogP contribution is 2.19. The van der Waals surface area contributed by atoms with Crippen molar-refractivity contribution in [2.45, 2.75) is 26.2 Å². The summed E-state index contributed by atoms with van der Waals surface area (Å²) in [5.41, 5.74) is 3.19. The van der Waals surface area contributed by atoms with Crippen LogP contribution < -0.4 is 5.56 Å². The van der Waals surface area contributed by atoms with E-state index in [4.69, 9.17) is 0 Å². The number of hydrogen-bond donors (Lipinski definition) is 2. The number of H-pyrrole nitrogens is 2. The van der Waals surface area contributed by atoms with Crippen molar-refractivity contribution in [3.8, 4) is 0 Å². The summed E-state index contributed by atoms with van der Waals surface area (Å²) in [6.07, 6.45) is 4.80. The van der Waals surface area contributed by atoms with Crippen LogP contribution in [0, 0.1) is 6.92 Å². The Morgan fingerprint density at radius 3 is 2.90 bits per heavy atom. The molecule has 0 saturated heterocycles. The number of benzene rings is 1. The van der Waals surface area contributed by atoms with Crippen LogP contribution in [0.1, 0.15) is 23.5 Å². The highest BCUT2D eigenvalue weighted by Gasteiger charge is 2.04. The minimum atomic E-state index is -0.0698. The number of hydrogen-bond acceptors (Lipinski definition) is 2. The molecular weight excluding hydrogens is 250 g/mol. The normalized spacial score (nSPS) is 11.1. The van der Waals surface area contributed by atoms with Gasteiger partial charge >= 0.3 is 0 Å². The molecule has 0 aliphatic rings. The number of aromatic nitrogens is 3. The van der Waals surface area contributed by atoms with Gasteiger partial charge in [0.2, 0.25) is 0 Å². The molecule has 0 atom stereocenters. The van der Waals surface area contributed by atoms with Crippen molar-refractivity contribution in [2.24, 2.45) is 0 Å². The largest absolute Gasteiger partial charge is 0.361 e. The molecule has 102 valence electrons. The Morgan fingerprint density at radius 2 is 2.05 bits per heavy atom. The van der Waals surface area contributed by atoms with E-state index < -0.39 is 0 Å². The van der Waals surface area contributed by atoms with Gasteiger partial charge < -0.3 is 9.97 Å². The molecule has 3 aromatic rings. The summed E-state index contributed by atoms with van der Waals surface area (Å²) in [5, 5.41) is 1.28. The van der Waals surface area contributed by atoms with Gasteiger partial charge in [0.1, 0.15) is 5.82 Å². The third kappa shape index (κ3) is 2.64. The quantitative estimate of drug-likeness (QED) is 0.763. The first-order valence-corrected chi connectivity index (χ1v) is 6.84. The molecule has 4 heteroatoms. The standard InChI is InChI=1S/C16H17N3O/c1-11-9-16(20)19-15(18-11)8-4-5-12-10-17-14-7-3-2-6-13(12)14/h2-3,6-7,9-10,17H,4-5,8H2,1H3,(H,18,19,20). The predicted octanol–water partition coefficient (Wildman–Crippen LogP) is 2.73. The lowest BCUT2D eigenvalue weighted by Gasteiger charge is -2.02.